The van der Waals surface area contributed by atoms with Crippen molar-refractivity contribution in [3.63, 3.8) is 0 Å². The Hall–Kier alpha value is -2.40. The van der Waals surface area contributed by atoms with Crippen molar-refractivity contribution >= 4 is 23.5 Å². The van der Waals surface area contributed by atoms with Crippen molar-refractivity contribution < 1.29 is 14.3 Å². The van der Waals surface area contributed by atoms with Crippen LogP contribution in [0.1, 0.15) is 35.0 Å². The normalized spacial score (nSPS) is 13.0. The number of aromatic nitrogens is 1. The van der Waals surface area contributed by atoms with E-state index in [1.54, 1.807) is 56.4 Å². The molecular weight excluding hydrogens is 328 g/mol. The summed E-state index contributed by atoms with van der Waals surface area (Å²) in [6.07, 6.45) is 1.58. The van der Waals surface area contributed by atoms with E-state index < -0.39 is 11.5 Å². The van der Waals surface area contributed by atoms with E-state index in [-0.39, 0.29) is 12.3 Å². The Morgan fingerprint density at radius 2 is 2.00 bits per heavy atom. The minimum absolute atomic E-state index is 0.0358. The number of hydrogen-bond donors (Lipinski definition) is 1. The van der Waals surface area contributed by atoms with E-state index in [0.717, 1.165) is 0 Å². The van der Waals surface area contributed by atoms with Crippen molar-refractivity contribution in [1.29, 1.82) is 0 Å². The van der Waals surface area contributed by atoms with Crippen LogP contribution < -0.4 is 5.32 Å². The van der Waals surface area contributed by atoms with E-state index >= 15 is 0 Å². The standard InChI is InChI=1S/C18H19ClN2O3/c1-12-13(7-6-8-14(12)19)17(23)21-18(2,11-16(22)24-3)15-9-4-5-10-20-15/h4-10H,11H2,1-3H3,(H,21,23)/t18-/m0/s1. The van der Waals surface area contributed by atoms with Crippen LogP contribution in [0.5, 0.6) is 0 Å². The van der Waals surface area contributed by atoms with Crippen LogP contribution in [0.15, 0.2) is 42.6 Å². The van der Waals surface area contributed by atoms with Gasteiger partial charge in [-0.3, -0.25) is 14.6 Å². The Morgan fingerprint density at radius 3 is 2.62 bits per heavy atom. The highest BCUT2D eigenvalue weighted by molar-refractivity contribution is 6.31. The third-order valence-electron chi connectivity index (χ3n) is 3.86. The second-order valence-corrected chi connectivity index (χ2v) is 6.07. The second-order valence-electron chi connectivity index (χ2n) is 5.67. The van der Waals surface area contributed by atoms with Gasteiger partial charge in [-0.15, -0.1) is 0 Å². The number of rotatable bonds is 5. The van der Waals surface area contributed by atoms with E-state index in [2.05, 4.69) is 10.3 Å². The SMILES string of the molecule is COC(=O)C[C@](C)(NC(=O)c1cccc(Cl)c1C)c1ccccn1. The summed E-state index contributed by atoms with van der Waals surface area (Å²) < 4.78 is 4.76. The zero-order valence-electron chi connectivity index (χ0n) is 13.8. The molecule has 0 fully saturated rings. The third kappa shape index (κ3) is 3.92. The number of hydrogen-bond acceptors (Lipinski definition) is 4. The average molecular weight is 347 g/mol. The smallest absolute Gasteiger partial charge is 0.308 e. The molecule has 0 aliphatic carbocycles. The van der Waals surface area contributed by atoms with Gasteiger partial charge in [0.05, 0.1) is 24.8 Å². The van der Waals surface area contributed by atoms with Gasteiger partial charge in [0.15, 0.2) is 0 Å². The first-order valence-corrected chi connectivity index (χ1v) is 7.81. The highest BCUT2D eigenvalue weighted by atomic mass is 35.5. The first-order valence-electron chi connectivity index (χ1n) is 7.43. The molecule has 0 saturated heterocycles. The third-order valence-corrected chi connectivity index (χ3v) is 4.27. The number of carbonyl (C=O) groups excluding carboxylic acids is 2. The number of ether oxygens (including phenoxy) is 1. The topological polar surface area (TPSA) is 68.3 Å². The summed E-state index contributed by atoms with van der Waals surface area (Å²) in [5.74, 6) is -0.765. The van der Waals surface area contributed by atoms with Gasteiger partial charge in [0.1, 0.15) is 0 Å². The fourth-order valence-electron chi connectivity index (χ4n) is 2.42. The van der Waals surface area contributed by atoms with E-state index in [1.807, 2.05) is 0 Å². The van der Waals surface area contributed by atoms with Crippen molar-refractivity contribution in [3.8, 4) is 0 Å². The van der Waals surface area contributed by atoms with Crippen LogP contribution in [0.3, 0.4) is 0 Å². The monoisotopic (exact) mass is 346 g/mol. The summed E-state index contributed by atoms with van der Waals surface area (Å²) in [5, 5.41) is 3.41. The lowest BCUT2D eigenvalue weighted by Crippen LogP contribution is -2.46. The molecule has 1 N–H and O–H groups in total. The summed E-state index contributed by atoms with van der Waals surface area (Å²) in [5.41, 5.74) is 0.705. The van der Waals surface area contributed by atoms with Crippen molar-refractivity contribution in [2.45, 2.75) is 25.8 Å². The van der Waals surface area contributed by atoms with Gasteiger partial charge in [0.25, 0.3) is 5.91 Å². The summed E-state index contributed by atoms with van der Waals surface area (Å²) in [6.45, 7) is 3.51. The molecule has 5 nitrogen and oxygen atoms in total. The Bertz CT molecular complexity index is 749. The number of nitrogens with one attached hydrogen (secondary N) is 1. The summed E-state index contributed by atoms with van der Waals surface area (Å²) >= 11 is 6.09. The Morgan fingerprint density at radius 1 is 1.25 bits per heavy atom. The van der Waals surface area contributed by atoms with Crippen LogP contribution in [0.2, 0.25) is 5.02 Å². The number of benzene rings is 1. The Balaban J connectivity index is 2.36. The summed E-state index contributed by atoms with van der Waals surface area (Å²) in [4.78, 5) is 28.8. The zero-order chi connectivity index (χ0) is 17.7. The molecule has 1 amide bonds. The quantitative estimate of drug-likeness (QED) is 0.844. The van der Waals surface area contributed by atoms with Crippen molar-refractivity contribution in [1.82, 2.24) is 10.3 Å². The lowest BCUT2D eigenvalue weighted by molar-refractivity contribution is -0.142. The molecule has 0 radical (unpaired) electrons. The van der Waals surface area contributed by atoms with E-state index in [0.29, 0.717) is 21.8 Å². The van der Waals surface area contributed by atoms with Crippen LogP contribution in [-0.2, 0) is 15.1 Å². The van der Waals surface area contributed by atoms with Crippen LogP contribution in [0, 0.1) is 6.92 Å². The Kier molecular flexibility index (Phi) is 5.57. The Labute approximate surface area is 146 Å². The zero-order valence-corrected chi connectivity index (χ0v) is 14.6. The summed E-state index contributed by atoms with van der Waals surface area (Å²) in [7, 11) is 1.31. The number of carbonyl (C=O) groups is 2. The largest absolute Gasteiger partial charge is 0.469 e. The molecule has 0 spiro atoms. The molecule has 1 heterocycles. The number of nitrogens with zero attached hydrogens (tertiary/aromatic N) is 1. The predicted molar refractivity (Wildman–Crippen MR) is 91.9 cm³/mol. The number of halogens is 1. The average Bonchev–Trinajstić information content (AvgIpc) is 2.57. The molecule has 1 aromatic carbocycles. The molecule has 0 unspecified atom stereocenters. The molecule has 1 atom stereocenters. The molecule has 0 bridgehead atoms. The number of pyridine rings is 1. The van der Waals surface area contributed by atoms with Crippen LogP contribution in [0.25, 0.3) is 0 Å². The lowest BCUT2D eigenvalue weighted by atomic mass is 9.92. The first kappa shape index (κ1) is 17.9. The van der Waals surface area contributed by atoms with Crippen LogP contribution in [-0.4, -0.2) is 24.0 Å². The van der Waals surface area contributed by atoms with Gasteiger partial charge in [-0.1, -0.05) is 23.7 Å². The maximum absolute atomic E-state index is 12.7. The molecule has 24 heavy (non-hydrogen) atoms. The molecule has 2 aromatic rings. The highest BCUT2D eigenvalue weighted by Gasteiger charge is 2.34. The van der Waals surface area contributed by atoms with Crippen molar-refractivity contribution in [2.24, 2.45) is 0 Å². The van der Waals surface area contributed by atoms with Crippen LogP contribution in [0.4, 0.5) is 0 Å². The molecule has 0 saturated carbocycles. The minimum atomic E-state index is -1.000. The molecule has 2 rings (SSSR count). The maximum atomic E-state index is 12.7. The maximum Gasteiger partial charge on any atom is 0.308 e. The van der Waals surface area contributed by atoms with Gasteiger partial charge >= 0.3 is 5.97 Å². The lowest BCUT2D eigenvalue weighted by Gasteiger charge is -2.29. The van der Waals surface area contributed by atoms with Gasteiger partial charge in [-0.25, -0.2) is 0 Å². The second kappa shape index (κ2) is 7.45. The van der Waals surface area contributed by atoms with Crippen LogP contribution >= 0.6 is 11.6 Å². The minimum Gasteiger partial charge on any atom is -0.469 e. The molecular formula is C18H19ClN2O3. The fraction of sp³-hybridized carbons (Fsp3) is 0.278. The molecule has 0 aliphatic rings. The summed E-state index contributed by atoms with van der Waals surface area (Å²) in [6, 6.07) is 10.4. The first-order chi connectivity index (χ1) is 11.4. The van der Waals surface area contributed by atoms with Crippen molar-refractivity contribution in [2.75, 3.05) is 7.11 Å². The predicted octanol–water partition coefficient (Wildman–Crippen LogP) is 3.25. The molecule has 6 heteroatoms. The highest BCUT2D eigenvalue weighted by Crippen LogP contribution is 2.25. The van der Waals surface area contributed by atoms with E-state index in [1.165, 1.54) is 7.11 Å². The number of esters is 1. The van der Waals surface area contributed by atoms with Gasteiger partial charge in [0.2, 0.25) is 0 Å². The fourth-order valence-corrected chi connectivity index (χ4v) is 2.59. The molecule has 1 aromatic heterocycles. The van der Waals surface area contributed by atoms with Gasteiger partial charge < -0.3 is 10.1 Å². The van der Waals surface area contributed by atoms with E-state index in [9.17, 15) is 9.59 Å². The van der Waals surface area contributed by atoms with Gasteiger partial charge in [-0.2, -0.15) is 0 Å². The van der Waals surface area contributed by atoms with E-state index in [4.69, 9.17) is 16.3 Å². The number of amides is 1. The number of methoxy groups -OCH3 is 1. The van der Waals surface area contributed by atoms with Gasteiger partial charge in [-0.05, 0) is 43.7 Å². The molecule has 126 valence electrons. The molecule has 0 aliphatic heterocycles. The van der Waals surface area contributed by atoms with Crippen molar-refractivity contribution in [3.05, 3.63) is 64.4 Å². The van der Waals surface area contributed by atoms with Gasteiger partial charge in [0, 0.05) is 16.8 Å².